The molecule has 2 fully saturated rings. The van der Waals surface area contributed by atoms with E-state index in [0.717, 1.165) is 50.1 Å². The van der Waals surface area contributed by atoms with Crippen molar-refractivity contribution in [2.75, 3.05) is 26.3 Å². The second kappa shape index (κ2) is 5.82. The van der Waals surface area contributed by atoms with Gasteiger partial charge in [-0.25, -0.2) is 4.98 Å². The largest absolute Gasteiger partial charge is 0.379 e. The maximum atomic E-state index is 5.41. The highest BCUT2D eigenvalue weighted by Crippen LogP contribution is 2.39. The van der Waals surface area contributed by atoms with Gasteiger partial charge >= 0.3 is 0 Å². The fraction of sp³-hybridized carbons (Fsp3) is 0.529. The number of aryl methyl sites for hydroxylation is 1. The topological polar surface area (TPSA) is 43.2 Å². The van der Waals surface area contributed by atoms with Gasteiger partial charge in [0.25, 0.3) is 0 Å². The van der Waals surface area contributed by atoms with Crippen LogP contribution in [0.25, 0.3) is 11.4 Å². The zero-order valence-corrected chi connectivity index (χ0v) is 13.0. The molecule has 0 N–H and O–H groups in total. The van der Waals surface area contributed by atoms with Crippen LogP contribution < -0.4 is 0 Å². The molecule has 22 heavy (non-hydrogen) atoms. The third-order valence-corrected chi connectivity index (χ3v) is 4.43. The molecule has 1 saturated heterocycles. The second-order valence-electron chi connectivity index (χ2n) is 6.28. The lowest BCUT2D eigenvalue weighted by Crippen LogP contribution is -2.35. The van der Waals surface area contributed by atoms with E-state index in [0.29, 0.717) is 5.92 Å². The maximum absolute atomic E-state index is 5.41. The van der Waals surface area contributed by atoms with Crippen molar-refractivity contribution in [2.45, 2.75) is 25.3 Å². The molecule has 5 heteroatoms. The standard InChI is InChI=1S/C17H22N4O/c1-20-17(14-5-6-14)18-16(19-20)15-4-2-3-13(11-15)12-21-7-9-22-10-8-21/h2-4,11,14H,5-10,12H2,1H3. The summed E-state index contributed by atoms with van der Waals surface area (Å²) in [5.74, 6) is 2.62. The highest BCUT2D eigenvalue weighted by atomic mass is 16.5. The van der Waals surface area contributed by atoms with Crippen molar-refractivity contribution in [3.05, 3.63) is 35.7 Å². The quantitative estimate of drug-likeness (QED) is 0.868. The van der Waals surface area contributed by atoms with E-state index in [9.17, 15) is 0 Å². The minimum atomic E-state index is 0.628. The number of hydrogen-bond acceptors (Lipinski definition) is 4. The molecule has 1 aliphatic heterocycles. The van der Waals surface area contributed by atoms with Crippen molar-refractivity contribution in [1.82, 2.24) is 19.7 Å². The number of benzene rings is 1. The van der Waals surface area contributed by atoms with E-state index in [1.807, 2.05) is 11.7 Å². The highest BCUT2D eigenvalue weighted by Gasteiger charge is 2.29. The summed E-state index contributed by atoms with van der Waals surface area (Å²) in [7, 11) is 2.00. The van der Waals surface area contributed by atoms with E-state index in [1.165, 1.54) is 18.4 Å². The van der Waals surface area contributed by atoms with Crippen molar-refractivity contribution in [2.24, 2.45) is 7.05 Å². The molecular weight excluding hydrogens is 276 g/mol. The zero-order chi connectivity index (χ0) is 14.9. The molecular formula is C17H22N4O. The Morgan fingerprint density at radius 1 is 1.23 bits per heavy atom. The molecule has 0 bridgehead atoms. The van der Waals surface area contributed by atoms with E-state index in [2.05, 4.69) is 34.3 Å². The van der Waals surface area contributed by atoms with Crippen LogP contribution in [0.1, 0.15) is 30.1 Å². The summed E-state index contributed by atoms with van der Waals surface area (Å²) < 4.78 is 7.36. The van der Waals surface area contributed by atoms with E-state index >= 15 is 0 Å². The van der Waals surface area contributed by atoms with Crippen LogP contribution in [0.5, 0.6) is 0 Å². The molecule has 0 radical (unpaired) electrons. The first-order chi connectivity index (χ1) is 10.8. The lowest BCUT2D eigenvalue weighted by Gasteiger charge is -2.26. The third-order valence-electron chi connectivity index (χ3n) is 4.43. The zero-order valence-electron chi connectivity index (χ0n) is 13.0. The summed E-state index contributed by atoms with van der Waals surface area (Å²) in [6.07, 6.45) is 2.51. The van der Waals surface area contributed by atoms with Crippen molar-refractivity contribution < 1.29 is 4.74 Å². The van der Waals surface area contributed by atoms with Gasteiger partial charge < -0.3 is 4.74 Å². The first-order valence-corrected chi connectivity index (χ1v) is 8.10. The summed E-state index contributed by atoms with van der Waals surface area (Å²) in [4.78, 5) is 7.18. The molecule has 2 heterocycles. The SMILES string of the molecule is Cn1nc(-c2cccc(CN3CCOCC3)c2)nc1C1CC1. The summed E-state index contributed by atoms with van der Waals surface area (Å²) >= 11 is 0. The Morgan fingerprint density at radius 3 is 2.82 bits per heavy atom. The molecule has 0 amide bonds. The average Bonchev–Trinajstić information content (AvgIpc) is 3.31. The predicted octanol–water partition coefficient (Wildman–Crippen LogP) is 2.19. The van der Waals surface area contributed by atoms with Gasteiger partial charge in [0.2, 0.25) is 0 Å². The Kier molecular flexibility index (Phi) is 3.68. The van der Waals surface area contributed by atoms with E-state index in [1.54, 1.807) is 0 Å². The molecule has 0 atom stereocenters. The van der Waals surface area contributed by atoms with Gasteiger partial charge in [-0.05, 0) is 24.5 Å². The van der Waals surface area contributed by atoms with E-state index in [4.69, 9.17) is 9.72 Å². The molecule has 1 aromatic carbocycles. The van der Waals surface area contributed by atoms with Gasteiger partial charge in [-0.1, -0.05) is 18.2 Å². The Morgan fingerprint density at radius 2 is 2.05 bits per heavy atom. The van der Waals surface area contributed by atoms with Crippen molar-refractivity contribution in [3.8, 4) is 11.4 Å². The third kappa shape index (κ3) is 2.91. The number of aromatic nitrogens is 3. The van der Waals surface area contributed by atoms with Gasteiger partial charge in [-0.2, -0.15) is 5.10 Å². The lowest BCUT2D eigenvalue weighted by atomic mass is 10.1. The van der Waals surface area contributed by atoms with Crippen LogP contribution in [-0.4, -0.2) is 46.0 Å². The highest BCUT2D eigenvalue weighted by molar-refractivity contribution is 5.56. The molecule has 1 saturated carbocycles. The number of morpholine rings is 1. The molecule has 116 valence electrons. The van der Waals surface area contributed by atoms with Gasteiger partial charge in [0, 0.05) is 38.2 Å². The molecule has 4 rings (SSSR count). The Bertz CT molecular complexity index is 656. The van der Waals surface area contributed by atoms with Crippen molar-refractivity contribution >= 4 is 0 Å². The Balaban J connectivity index is 1.54. The molecule has 5 nitrogen and oxygen atoms in total. The van der Waals surface area contributed by atoms with Crippen LogP contribution in [0, 0.1) is 0 Å². The van der Waals surface area contributed by atoms with E-state index in [-0.39, 0.29) is 0 Å². The Hall–Kier alpha value is -1.72. The number of nitrogens with zero attached hydrogens (tertiary/aromatic N) is 4. The molecule has 1 aliphatic carbocycles. The number of hydrogen-bond donors (Lipinski definition) is 0. The van der Waals surface area contributed by atoms with Crippen LogP contribution in [0.4, 0.5) is 0 Å². The van der Waals surface area contributed by atoms with Crippen LogP contribution in [0.2, 0.25) is 0 Å². The predicted molar refractivity (Wildman–Crippen MR) is 84.5 cm³/mol. The minimum Gasteiger partial charge on any atom is -0.379 e. The molecule has 0 unspecified atom stereocenters. The fourth-order valence-corrected chi connectivity index (χ4v) is 3.04. The summed E-state index contributed by atoms with van der Waals surface area (Å²) in [6.45, 7) is 4.67. The van der Waals surface area contributed by atoms with Gasteiger partial charge in [0.05, 0.1) is 13.2 Å². The Labute approximate surface area is 130 Å². The van der Waals surface area contributed by atoms with Gasteiger partial charge in [-0.3, -0.25) is 9.58 Å². The molecule has 1 aromatic heterocycles. The van der Waals surface area contributed by atoms with Gasteiger partial charge in [0.15, 0.2) is 5.82 Å². The summed E-state index contributed by atoms with van der Waals surface area (Å²) in [6, 6.07) is 8.62. The van der Waals surface area contributed by atoms with Gasteiger partial charge in [-0.15, -0.1) is 0 Å². The number of ether oxygens (including phenoxy) is 1. The van der Waals surface area contributed by atoms with Crippen LogP contribution in [0.15, 0.2) is 24.3 Å². The van der Waals surface area contributed by atoms with Crippen molar-refractivity contribution in [3.63, 3.8) is 0 Å². The first-order valence-electron chi connectivity index (χ1n) is 8.10. The average molecular weight is 298 g/mol. The number of rotatable bonds is 4. The maximum Gasteiger partial charge on any atom is 0.181 e. The molecule has 2 aromatic rings. The lowest BCUT2D eigenvalue weighted by molar-refractivity contribution is 0.0342. The molecule has 2 aliphatic rings. The van der Waals surface area contributed by atoms with Crippen LogP contribution in [0.3, 0.4) is 0 Å². The second-order valence-corrected chi connectivity index (χ2v) is 6.28. The smallest absolute Gasteiger partial charge is 0.181 e. The fourth-order valence-electron chi connectivity index (χ4n) is 3.04. The minimum absolute atomic E-state index is 0.628. The van der Waals surface area contributed by atoms with Crippen LogP contribution in [-0.2, 0) is 18.3 Å². The summed E-state index contributed by atoms with van der Waals surface area (Å²) in [5.41, 5.74) is 2.44. The molecule has 0 spiro atoms. The van der Waals surface area contributed by atoms with Crippen LogP contribution >= 0.6 is 0 Å². The van der Waals surface area contributed by atoms with E-state index < -0.39 is 0 Å². The first kappa shape index (κ1) is 13.9. The van der Waals surface area contributed by atoms with Crippen molar-refractivity contribution in [1.29, 1.82) is 0 Å². The summed E-state index contributed by atoms with van der Waals surface area (Å²) in [5, 5.41) is 4.60. The monoisotopic (exact) mass is 298 g/mol. The van der Waals surface area contributed by atoms with Gasteiger partial charge in [0.1, 0.15) is 5.82 Å². The normalized spacial score (nSPS) is 19.5.